The maximum Gasteiger partial charge on any atom is 0.320 e. The van der Waals surface area contributed by atoms with Crippen LogP contribution in [-0.4, -0.2) is 66.3 Å². The molecule has 0 saturated carbocycles. The van der Waals surface area contributed by atoms with E-state index in [0.29, 0.717) is 19.3 Å². The Kier molecular flexibility index (Phi) is 12.7. The van der Waals surface area contributed by atoms with Crippen LogP contribution in [-0.2, 0) is 51.0 Å². The fourth-order valence-corrected chi connectivity index (χ4v) is 4.87. The zero-order chi connectivity index (χ0) is 32.5. The molecule has 6 aromatic rings. The number of aromatic amines is 3. The van der Waals surface area contributed by atoms with Crippen molar-refractivity contribution in [2.45, 2.75) is 37.4 Å². The van der Waals surface area contributed by atoms with E-state index in [4.69, 9.17) is 32.5 Å². The average Bonchev–Trinajstić information content (AvgIpc) is 3.75. The number of fused-ring (bicyclic) bond motifs is 3. The predicted octanol–water partition coefficient (Wildman–Crippen LogP) is 3.36. The average molecular weight is 665 g/mol. The second-order valence-corrected chi connectivity index (χ2v) is 10.5. The smallest absolute Gasteiger partial charge is 0.320 e. The van der Waals surface area contributed by atoms with Gasteiger partial charge in [0, 0.05) is 87.9 Å². The molecule has 240 valence electrons. The van der Waals surface area contributed by atoms with Gasteiger partial charge in [0.05, 0.1) is 0 Å². The zero-order valence-electron chi connectivity index (χ0n) is 24.7. The molecule has 12 N–H and O–H groups in total. The third kappa shape index (κ3) is 9.07. The molecule has 12 nitrogen and oxygen atoms in total. The van der Waals surface area contributed by atoms with E-state index in [1.54, 1.807) is 0 Å². The van der Waals surface area contributed by atoms with Crippen LogP contribution < -0.4 is 17.2 Å². The Morgan fingerprint density at radius 1 is 0.500 bits per heavy atom. The van der Waals surface area contributed by atoms with Crippen LogP contribution in [0.5, 0.6) is 0 Å². The Bertz CT molecular complexity index is 1700. The van der Waals surface area contributed by atoms with Gasteiger partial charge in [-0.05, 0) is 34.9 Å². The monoisotopic (exact) mass is 664 g/mol. The van der Waals surface area contributed by atoms with Crippen molar-refractivity contribution in [2.75, 3.05) is 0 Å². The van der Waals surface area contributed by atoms with E-state index in [2.05, 4.69) is 15.0 Å². The van der Waals surface area contributed by atoms with Gasteiger partial charge in [0.2, 0.25) is 0 Å². The maximum atomic E-state index is 10.6. The number of hydrogen-bond donors (Lipinski definition) is 9. The summed E-state index contributed by atoms with van der Waals surface area (Å²) in [5.74, 6) is -2.92. The van der Waals surface area contributed by atoms with E-state index in [9.17, 15) is 14.4 Å². The molecule has 0 saturated heterocycles. The zero-order valence-corrected chi connectivity index (χ0v) is 26.0. The third-order valence-corrected chi connectivity index (χ3v) is 7.30. The second-order valence-electron chi connectivity index (χ2n) is 10.5. The van der Waals surface area contributed by atoms with Crippen LogP contribution in [0, 0.1) is 0 Å². The van der Waals surface area contributed by atoms with Crippen LogP contribution >= 0.6 is 0 Å². The molecule has 0 fully saturated rings. The third-order valence-electron chi connectivity index (χ3n) is 7.30. The van der Waals surface area contributed by atoms with E-state index in [0.717, 1.165) is 49.4 Å². The standard InChI is InChI=1S/3C11H12N2O2.Cr/c3*12-9(11(14)15)5-7-6-13-10-4-2-1-3-8(7)10;/h3*1-4,6,9,13H,5,12H2,(H,14,15);. The van der Waals surface area contributed by atoms with Crippen LogP contribution in [0.4, 0.5) is 0 Å². The number of hydrogen-bond acceptors (Lipinski definition) is 6. The van der Waals surface area contributed by atoms with E-state index in [-0.39, 0.29) is 17.4 Å². The number of H-pyrrole nitrogens is 3. The molecule has 0 spiro atoms. The molecule has 3 aromatic heterocycles. The molecule has 6 rings (SSSR count). The summed E-state index contributed by atoms with van der Waals surface area (Å²) in [7, 11) is 0. The number of carbonyl (C=O) groups is 3. The van der Waals surface area contributed by atoms with E-state index in [1.807, 2.05) is 91.4 Å². The molecule has 0 aliphatic carbocycles. The van der Waals surface area contributed by atoms with E-state index in [1.165, 1.54) is 0 Å². The first-order valence-electron chi connectivity index (χ1n) is 14.1. The molecule has 0 amide bonds. The SMILES string of the molecule is NC(Cc1c[nH]c2ccccc12)C(=O)O.NC(Cc1c[nH]c2ccccc12)C(=O)O.NC(Cc1c[nH]c2ccccc12)C(=O)O.[Cr]. The van der Waals surface area contributed by atoms with Gasteiger partial charge < -0.3 is 47.5 Å². The van der Waals surface area contributed by atoms with Crippen LogP contribution in [0.1, 0.15) is 16.7 Å². The summed E-state index contributed by atoms with van der Waals surface area (Å²) in [6.45, 7) is 0. The summed E-state index contributed by atoms with van der Waals surface area (Å²) in [6.07, 6.45) is 6.48. The number of aromatic nitrogens is 3. The molecule has 0 bridgehead atoms. The number of nitrogens with one attached hydrogen (secondary N) is 3. The number of carboxylic acid groups (broad SMARTS) is 3. The van der Waals surface area contributed by atoms with Gasteiger partial charge in [0.1, 0.15) is 18.1 Å². The number of nitrogens with two attached hydrogens (primary N) is 3. The Morgan fingerprint density at radius 3 is 0.978 bits per heavy atom. The molecule has 3 atom stereocenters. The van der Waals surface area contributed by atoms with Gasteiger partial charge in [0.15, 0.2) is 0 Å². The van der Waals surface area contributed by atoms with Crippen LogP contribution in [0.25, 0.3) is 32.7 Å². The number of carboxylic acids is 3. The molecule has 0 aliphatic rings. The predicted molar refractivity (Wildman–Crippen MR) is 173 cm³/mol. The molecular weight excluding hydrogens is 628 g/mol. The van der Waals surface area contributed by atoms with Crippen LogP contribution in [0.15, 0.2) is 91.4 Å². The maximum absolute atomic E-state index is 10.6. The molecule has 3 unspecified atom stereocenters. The van der Waals surface area contributed by atoms with Gasteiger partial charge in [-0.15, -0.1) is 0 Å². The summed E-state index contributed by atoms with van der Waals surface area (Å²) >= 11 is 0. The summed E-state index contributed by atoms with van der Waals surface area (Å²) in [6, 6.07) is 20.7. The van der Waals surface area contributed by atoms with Gasteiger partial charge in [-0.1, -0.05) is 54.6 Å². The first-order valence-corrected chi connectivity index (χ1v) is 14.1. The molecule has 3 heterocycles. The molecule has 3 aromatic carbocycles. The summed E-state index contributed by atoms with van der Waals surface area (Å²) in [5.41, 5.74) is 22.3. The van der Waals surface area contributed by atoms with E-state index >= 15 is 0 Å². The number of para-hydroxylation sites is 3. The molecule has 13 heteroatoms. The van der Waals surface area contributed by atoms with Gasteiger partial charge in [-0.25, -0.2) is 0 Å². The summed E-state index contributed by atoms with van der Waals surface area (Å²) < 4.78 is 0. The van der Waals surface area contributed by atoms with Crippen molar-refractivity contribution in [2.24, 2.45) is 17.2 Å². The Labute approximate surface area is 274 Å². The van der Waals surface area contributed by atoms with Crippen molar-refractivity contribution in [3.8, 4) is 0 Å². The largest absolute Gasteiger partial charge is 0.480 e. The molecule has 46 heavy (non-hydrogen) atoms. The molecular formula is C33H36CrN6O6. The molecule has 0 radical (unpaired) electrons. The normalized spacial score (nSPS) is 12.6. The van der Waals surface area contributed by atoms with Crippen molar-refractivity contribution < 1.29 is 47.1 Å². The van der Waals surface area contributed by atoms with Crippen LogP contribution in [0.3, 0.4) is 0 Å². The Balaban J connectivity index is 0.000000186. The van der Waals surface area contributed by atoms with Gasteiger partial charge in [-0.3, -0.25) is 14.4 Å². The Hall–Kier alpha value is -4.90. The first kappa shape index (κ1) is 35.6. The van der Waals surface area contributed by atoms with Crippen molar-refractivity contribution in [3.05, 3.63) is 108 Å². The number of benzene rings is 3. The fourth-order valence-electron chi connectivity index (χ4n) is 4.87. The van der Waals surface area contributed by atoms with Crippen molar-refractivity contribution in [1.82, 2.24) is 15.0 Å². The number of aliphatic carboxylic acids is 3. The van der Waals surface area contributed by atoms with Crippen LogP contribution in [0.2, 0.25) is 0 Å². The van der Waals surface area contributed by atoms with Gasteiger partial charge in [-0.2, -0.15) is 0 Å². The minimum Gasteiger partial charge on any atom is -0.480 e. The second kappa shape index (κ2) is 16.4. The van der Waals surface area contributed by atoms with Crippen molar-refractivity contribution >= 4 is 50.6 Å². The first-order chi connectivity index (χ1) is 21.5. The van der Waals surface area contributed by atoms with E-state index < -0.39 is 36.0 Å². The summed E-state index contributed by atoms with van der Waals surface area (Å²) in [5, 5.41) is 29.3. The Morgan fingerprint density at radius 2 is 0.739 bits per heavy atom. The minimum atomic E-state index is -0.972. The summed E-state index contributed by atoms with van der Waals surface area (Å²) in [4.78, 5) is 41.1. The van der Waals surface area contributed by atoms with Crippen molar-refractivity contribution in [3.63, 3.8) is 0 Å². The fraction of sp³-hybridized carbons (Fsp3) is 0.182. The number of rotatable bonds is 9. The quantitative estimate of drug-likeness (QED) is 0.110. The topological polar surface area (TPSA) is 237 Å². The van der Waals surface area contributed by atoms with Gasteiger partial charge in [0.25, 0.3) is 0 Å². The minimum absolute atomic E-state index is 0. The van der Waals surface area contributed by atoms with Gasteiger partial charge >= 0.3 is 17.9 Å². The van der Waals surface area contributed by atoms with Crippen molar-refractivity contribution in [1.29, 1.82) is 0 Å². The molecule has 0 aliphatic heterocycles.